The van der Waals surface area contributed by atoms with E-state index in [1.165, 1.54) is 44.5 Å². The van der Waals surface area contributed by atoms with Gasteiger partial charge in [0.2, 0.25) is 0 Å². The molecule has 13 aromatic carbocycles. The number of benzene rings is 13. The highest BCUT2D eigenvalue weighted by molar-refractivity contribution is 7.85. The Morgan fingerprint density at radius 2 is 0.330 bits per heavy atom. The fourth-order valence-corrected chi connectivity index (χ4v) is 20.7. The molecule has 0 amide bonds. The zero-order valence-electron chi connectivity index (χ0n) is 66.4. The van der Waals surface area contributed by atoms with Crippen molar-refractivity contribution in [2.24, 2.45) is 0 Å². The summed E-state index contributed by atoms with van der Waals surface area (Å²) in [6.07, 6.45) is 0. The van der Waals surface area contributed by atoms with Gasteiger partial charge in [0.15, 0.2) is 14.3 Å². The zero-order chi connectivity index (χ0) is 78.3. The van der Waals surface area contributed by atoms with Crippen molar-refractivity contribution in [3.8, 4) is 23.0 Å². The lowest BCUT2D eigenvalue weighted by Crippen LogP contribution is -2.26. The minimum Gasteiger partial charge on any atom is -0.489 e. The van der Waals surface area contributed by atoms with Gasteiger partial charge < -0.3 is 37.6 Å². The summed E-state index contributed by atoms with van der Waals surface area (Å²) in [7, 11) is -6.92. The van der Waals surface area contributed by atoms with Gasteiger partial charge in [-0.3, -0.25) is 0 Å². The number of fused-ring (bicyclic) bond motifs is 1. The predicted octanol–water partition coefficient (Wildman–Crippen LogP) is 22.1. The van der Waals surface area contributed by atoms with Gasteiger partial charge in [0.1, 0.15) is 49.4 Å². The molecule has 0 radical (unpaired) electrons. The Kier molecular flexibility index (Phi) is 21.1. The van der Waals surface area contributed by atoms with E-state index in [4.69, 9.17) is 28.4 Å². The van der Waals surface area contributed by atoms with E-state index in [0.717, 1.165) is 88.7 Å². The first-order chi connectivity index (χ1) is 53.6. The van der Waals surface area contributed by atoms with Gasteiger partial charge in [0.25, 0.3) is 0 Å². The molecule has 112 heavy (non-hydrogen) atoms. The van der Waals surface area contributed by atoms with Crippen LogP contribution in [0.2, 0.25) is 0 Å². The lowest BCUT2D eigenvalue weighted by atomic mass is 9.74. The van der Waals surface area contributed by atoms with Crippen LogP contribution in [-0.2, 0) is 91.1 Å². The molecule has 0 unspecified atom stereocenters. The highest BCUT2D eigenvalue weighted by Crippen LogP contribution is 2.46. The van der Waals surface area contributed by atoms with E-state index in [2.05, 4.69) is 253 Å². The van der Waals surface area contributed by atoms with E-state index < -0.39 is 25.5 Å². The summed E-state index contributed by atoms with van der Waals surface area (Å²) in [6.45, 7) is 28.5. The molecule has 13 aromatic rings. The van der Waals surface area contributed by atoms with Crippen LogP contribution in [0.3, 0.4) is 0 Å². The first-order valence-corrected chi connectivity index (χ1v) is 42.4. The van der Waals surface area contributed by atoms with Crippen molar-refractivity contribution < 1.29 is 37.6 Å². The first-order valence-electron chi connectivity index (χ1n) is 39.0. The molecule has 0 aromatic heterocycles. The van der Waals surface area contributed by atoms with Crippen LogP contribution in [0.5, 0.6) is 23.0 Å². The molecule has 25 aliphatic rings. The van der Waals surface area contributed by atoms with Crippen molar-refractivity contribution in [2.75, 3.05) is 0 Å². The largest absolute Gasteiger partial charge is 0.489 e. The number of hydrogen-bond donors (Lipinski definition) is 0. The Morgan fingerprint density at radius 3 is 0.500 bits per heavy atom. The van der Waals surface area contributed by atoms with Crippen LogP contribution in [0.1, 0.15) is 172 Å². The van der Waals surface area contributed by atoms with Gasteiger partial charge >= 0.3 is 0 Å². The van der Waals surface area contributed by atoms with Crippen LogP contribution < -0.4 is 50.8 Å². The van der Waals surface area contributed by atoms with Crippen molar-refractivity contribution in [1.29, 1.82) is 0 Å². The minimum absolute atomic E-state index is 0.292. The highest BCUT2D eigenvalue weighted by Gasteiger charge is 2.35. The summed E-state index contributed by atoms with van der Waals surface area (Å²) in [5.74, 6) is 3.06. The Balaban J connectivity index is 0.779. The van der Waals surface area contributed by atoms with Gasteiger partial charge in [-0.2, -0.15) is 0 Å². The van der Waals surface area contributed by atoms with E-state index >= 15 is 9.13 Å². The average Bonchev–Trinajstić information content (AvgIpc) is 0.767. The number of rotatable bonds is 0. The van der Waals surface area contributed by atoms with Crippen molar-refractivity contribution >= 4 is 46.1 Å². The zero-order valence-corrected chi connectivity index (χ0v) is 68.2. The molecule has 0 spiro atoms. The van der Waals surface area contributed by atoms with Crippen LogP contribution >= 0.6 is 14.3 Å². The summed E-state index contributed by atoms with van der Waals surface area (Å²) in [5, 5.41) is 4.31. The Labute approximate surface area is 662 Å². The number of ether oxygens (including phenoxy) is 6. The van der Waals surface area contributed by atoms with E-state index in [1.54, 1.807) is 0 Å². The second-order valence-electron chi connectivity index (χ2n) is 33.3. The molecule has 0 aliphatic carbocycles. The molecule has 25 aliphatic heterocycles. The van der Waals surface area contributed by atoms with Crippen molar-refractivity contribution in [3.63, 3.8) is 0 Å². The maximum atomic E-state index is 16.4. The van der Waals surface area contributed by atoms with Crippen LogP contribution in [0.25, 0.3) is 0 Å². The third-order valence-electron chi connectivity index (χ3n) is 23.9. The van der Waals surface area contributed by atoms with Crippen LogP contribution in [0, 0.1) is 0 Å². The van der Waals surface area contributed by atoms with Gasteiger partial charge in [-0.25, -0.2) is 0 Å². The fourth-order valence-electron chi connectivity index (χ4n) is 15.5. The summed E-state index contributed by atoms with van der Waals surface area (Å²) in [5.41, 5.74) is 14.8. The Morgan fingerprint density at radius 1 is 0.188 bits per heavy atom. The maximum absolute atomic E-state index is 16.4. The molecule has 38 rings (SSSR count). The third kappa shape index (κ3) is 15.7. The van der Waals surface area contributed by atoms with Gasteiger partial charge in [0.05, 0.1) is 24.4 Å². The van der Waals surface area contributed by atoms with Crippen LogP contribution in [0.4, 0.5) is 0 Å². The molecule has 0 saturated heterocycles. The smallest absolute Gasteiger partial charge is 0.171 e. The summed E-state index contributed by atoms with van der Waals surface area (Å²) in [4.78, 5) is 0. The van der Waals surface area contributed by atoms with Crippen LogP contribution in [0.15, 0.2) is 315 Å². The van der Waals surface area contributed by atoms with E-state index in [1.807, 2.05) is 146 Å². The molecule has 10 heteroatoms. The molecule has 0 saturated carbocycles. The fraction of sp³-hybridized carbons (Fsp3) is 0.235. The summed E-state index contributed by atoms with van der Waals surface area (Å²) >= 11 is 0. The molecule has 0 N–H and O–H groups in total. The van der Waals surface area contributed by atoms with Crippen molar-refractivity contribution in [1.82, 2.24) is 0 Å². The molecule has 8 nitrogen and oxygen atoms in total. The lowest BCUT2D eigenvalue weighted by molar-refractivity contribution is -0.0363. The van der Waals surface area contributed by atoms with Gasteiger partial charge in [0, 0.05) is 53.5 Å². The van der Waals surface area contributed by atoms with Crippen molar-refractivity contribution in [3.05, 3.63) is 404 Å². The summed E-state index contributed by atoms with van der Waals surface area (Å²) < 4.78 is 72.1. The highest BCUT2D eigenvalue weighted by atomic mass is 31.2. The molecular formula is C102H100O8P2. The quantitative estimate of drug-likeness (QED) is 0.139. The second kappa shape index (κ2) is 30.8. The van der Waals surface area contributed by atoms with Gasteiger partial charge in [-0.1, -0.05) is 322 Å². The number of hydrogen-bond acceptors (Lipinski definition) is 8. The molecular weight excluding hydrogens is 1420 g/mol. The second-order valence-corrected chi connectivity index (χ2v) is 38.8. The normalized spacial score (nSPS) is 19.1. The van der Waals surface area contributed by atoms with E-state index in [9.17, 15) is 0 Å². The molecule has 0 fully saturated rings. The predicted molar refractivity (Wildman–Crippen MR) is 458 cm³/mol. The molecule has 25 heterocycles. The van der Waals surface area contributed by atoms with Crippen LogP contribution in [-0.4, -0.2) is 0 Å². The maximum Gasteiger partial charge on any atom is 0.171 e. The van der Waals surface area contributed by atoms with Gasteiger partial charge in [-0.15, -0.1) is 0 Å². The van der Waals surface area contributed by atoms with Gasteiger partial charge in [-0.05, 0) is 165 Å². The Bertz CT molecular complexity index is 4910. The monoisotopic (exact) mass is 1510 g/mol. The third-order valence-corrected chi connectivity index (χ3v) is 30.0. The molecule has 566 valence electrons. The van der Waals surface area contributed by atoms with Crippen molar-refractivity contribution in [2.45, 2.75) is 156 Å². The SMILES string of the molecule is CC1(C)OCc2ccc(cc2)P2(=O)c3ccc(cc3)COc3ccc(cc3)C(C)(C)c3ccc(cc3)C(C)(C)c3ccc(cc3)OCc3ccc(cc3)P(=O)(c3ccc(cc3)COc3ccc(cc3)C(C)(C)c3ccc(cc3)C(C)(C)c3ccc(cc3)OCc3ccc2cc3)c2ccc(cc2)COC(C)(C)c2ccc1cc2. The molecule has 0 atom stereocenters. The average molecular weight is 1520 g/mol. The first kappa shape index (κ1) is 76.8. The lowest BCUT2D eigenvalue weighted by Gasteiger charge is -2.29. The van der Waals surface area contributed by atoms with E-state index in [-0.39, 0.29) is 21.7 Å². The Hall–Kier alpha value is -10.6. The molecule has 28 bridgehead atoms. The minimum atomic E-state index is -3.46. The topological polar surface area (TPSA) is 89.5 Å². The summed E-state index contributed by atoms with van der Waals surface area (Å²) in [6, 6.07) is 109. The standard InChI is InChI=1S/C102H100O8P2/c1-97(2)77-25-27-78(28-26-77)98(3,4)82-39-47-88(48-40-82)106-66-72-15-57-93(58-16-72)112(104)94-59-19-74(20-60-94)68-108-90-51-43-84(44-52-90)100(7,8)80-31-29-79(30-32-80)99(5,6)83-41-49-89(50-42-83)107-67-73-17-55-92(56-18-73)111(103,91-53-13-71(14-54-91)65-105-87-45-37-81(97)38-46-87)95-61-21-75(22-62-95)69-109-101(9,10)85-33-35-86(36-34-85)102(11,12)110-70-76-23-63-96(112)64-24-76/h13-64H,65-70H2,1-12H3. The van der Waals surface area contributed by atoms with E-state index in [0.29, 0.717) is 50.3 Å².